The fourth-order valence-electron chi connectivity index (χ4n) is 3.53. The molecule has 1 fully saturated rings. The van der Waals surface area contributed by atoms with Gasteiger partial charge >= 0.3 is 5.97 Å². The zero-order valence-corrected chi connectivity index (χ0v) is 13.7. The number of benzene rings is 2. The minimum Gasteiger partial charge on any atom is -0.480 e. The molecule has 1 saturated carbocycles. The number of carbonyl (C=O) groups is 2. The Hall–Kier alpha value is -2.36. The number of carboxylic acid groups (broad SMARTS) is 1. The van der Waals surface area contributed by atoms with Crippen molar-refractivity contribution in [1.29, 1.82) is 0 Å². The van der Waals surface area contributed by atoms with Crippen molar-refractivity contribution in [3.8, 4) is 0 Å². The first-order chi connectivity index (χ1) is 11.6. The van der Waals surface area contributed by atoms with Crippen LogP contribution in [0.2, 0.25) is 0 Å². The monoisotopic (exact) mass is 325 g/mol. The second kappa shape index (κ2) is 7.47. The lowest BCUT2D eigenvalue weighted by molar-refractivity contribution is -0.141. The molecule has 0 unspecified atom stereocenters. The minimum atomic E-state index is -0.983. The average molecular weight is 325 g/mol. The van der Waals surface area contributed by atoms with Gasteiger partial charge in [-0.05, 0) is 35.1 Å². The molecule has 4 heteroatoms. The van der Waals surface area contributed by atoms with Crippen molar-refractivity contribution in [2.45, 2.75) is 44.6 Å². The van der Waals surface area contributed by atoms with Crippen LogP contribution in [0.25, 0.3) is 10.8 Å². The Labute approximate surface area is 141 Å². The summed E-state index contributed by atoms with van der Waals surface area (Å²) in [7, 11) is 0. The molecule has 1 aliphatic carbocycles. The lowest BCUT2D eigenvalue weighted by Gasteiger charge is -2.16. The standard InChI is InChI=1S/C20H23NO3/c22-19(13-14-5-1-2-6-14)21-18(20(23)24)12-15-9-10-16-7-3-4-8-17(16)11-15/h3-4,7-11,14,18H,1-2,5-6,12-13H2,(H,21,22)(H,23,24)/t18-/m0/s1. The van der Waals surface area contributed by atoms with Crippen molar-refractivity contribution < 1.29 is 14.7 Å². The number of hydrogen-bond donors (Lipinski definition) is 2. The van der Waals surface area contributed by atoms with Gasteiger partial charge in [0.05, 0.1) is 0 Å². The van der Waals surface area contributed by atoms with Gasteiger partial charge in [0.2, 0.25) is 5.91 Å². The van der Waals surface area contributed by atoms with E-state index in [1.807, 2.05) is 42.5 Å². The molecule has 24 heavy (non-hydrogen) atoms. The van der Waals surface area contributed by atoms with Crippen molar-refractivity contribution in [2.75, 3.05) is 0 Å². The second-order valence-electron chi connectivity index (χ2n) is 6.70. The number of fused-ring (bicyclic) bond motifs is 1. The molecule has 0 spiro atoms. The number of carboxylic acids is 1. The molecule has 0 saturated heterocycles. The first-order valence-electron chi connectivity index (χ1n) is 8.61. The van der Waals surface area contributed by atoms with Crippen molar-refractivity contribution in [3.05, 3.63) is 48.0 Å². The second-order valence-corrected chi connectivity index (χ2v) is 6.70. The first kappa shape index (κ1) is 16.5. The maximum absolute atomic E-state index is 12.1. The van der Waals surface area contributed by atoms with E-state index in [9.17, 15) is 14.7 Å². The van der Waals surface area contributed by atoms with E-state index in [4.69, 9.17) is 0 Å². The summed E-state index contributed by atoms with van der Waals surface area (Å²) in [5, 5.41) is 14.3. The van der Waals surface area contributed by atoms with Gasteiger partial charge in [-0.1, -0.05) is 55.3 Å². The Morgan fingerprint density at radius 3 is 2.50 bits per heavy atom. The number of carbonyl (C=O) groups excluding carboxylic acids is 1. The van der Waals surface area contributed by atoms with Gasteiger partial charge in [-0.2, -0.15) is 0 Å². The van der Waals surface area contributed by atoms with Gasteiger partial charge in [0.25, 0.3) is 0 Å². The van der Waals surface area contributed by atoms with E-state index in [-0.39, 0.29) is 5.91 Å². The van der Waals surface area contributed by atoms with Crippen LogP contribution in [0, 0.1) is 5.92 Å². The molecule has 2 aromatic carbocycles. The molecule has 0 bridgehead atoms. The van der Waals surface area contributed by atoms with Crippen molar-refractivity contribution in [2.24, 2.45) is 5.92 Å². The van der Waals surface area contributed by atoms with E-state index in [1.165, 1.54) is 12.8 Å². The van der Waals surface area contributed by atoms with Crippen LogP contribution in [-0.2, 0) is 16.0 Å². The number of aliphatic carboxylic acids is 1. The Kier molecular flexibility index (Phi) is 5.14. The van der Waals surface area contributed by atoms with Crippen LogP contribution in [0.5, 0.6) is 0 Å². The molecule has 1 atom stereocenters. The fraction of sp³-hybridized carbons (Fsp3) is 0.400. The van der Waals surface area contributed by atoms with Crippen molar-refractivity contribution in [1.82, 2.24) is 5.32 Å². The van der Waals surface area contributed by atoms with Crippen LogP contribution in [0.4, 0.5) is 0 Å². The number of hydrogen-bond acceptors (Lipinski definition) is 2. The van der Waals surface area contributed by atoms with Gasteiger partial charge in [0.1, 0.15) is 6.04 Å². The Balaban J connectivity index is 1.66. The van der Waals surface area contributed by atoms with Gasteiger partial charge in [0, 0.05) is 12.8 Å². The SMILES string of the molecule is O=C(CC1CCCC1)N[C@@H](Cc1ccc2ccccc2c1)C(=O)O. The quantitative estimate of drug-likeness (QED) is 0.854. The number of rotatable bonds is 6. The normalized spacial score (nSPS) is 16.2. The fourth-order valence-corrected chi connectivity index (χ4v) is 3.53. The van der Waals surface area contributed by atoms with Gasteiger partial charge in [-0.15, -0.1) is 0 Å². The Bertz CT molecular complexity index is 734. The summed E-state index contributed by atoms with van der Waals surface area (Å²) >= 11 is 0. The van der Waals surface area contributed by atoms with E-state index >= 15 is 0 Å². The summed E-state index contributed by atoms with van der Waals surface area (Å²) in [4.78, 5) is 23.7. The molecule has 1 amide bonds. The zero-order valence-electron chi connectivity index (χ0n) is 13.7. The van der Waals surface area contributed by atoms with Crippen LogP contribution >= 0.6 is 0 Å². The molecule has 2 N–H and O–H groups in total. The molecule has 126 valence electrons. The molecule has 1 aliphatic rings. The van der Waals surface area contributed by atoms with Crippen LogP contribution in [0.15, 0.2) is 42.5 Å². The highest BCUT2D eigenvalue weighted by molar-refractivity contribution is 5.85. The van der Waals surface area contributed by atoms with E-state index in [1.54, 1.807) is 0 Å². The third-order valence-corrected chi connectivity index (χ3v) is 4.84. The third-order valence-electron chi connectivity index (χ3n) is 4.84. The van der Waals surface area contributed by atoms with E-state index in [0.29, 0.717) is 18.8 Å². The molecule has 2 aromatic rings. The van der Waals surface area contributed by atoms with E-state index < -0.39 is 12.0 Å². The van der Waals surface area contributed by atoms with Crippen molar-refractivity contribution >= 4 is 22.6 Å². The molecule has 0 heterocycles. The maximum Gasteiger partial charge on any atom is 0.326 e. The van der Waals surface area contributed by atoms with Crippen LogP contribution in [-0.4, -0.2) is 23.0 Å². The van der Waals surface area contributed by atoms with E-state index in [2.05, 4.69) is 5.32 Å². The van der Waals surface area contributed by atoms with E-state index in [0.717, 1.165) is 29.2 Å². The minimum absolute atomic E-state index is 0.143. The Morgan fingerprint density at radius 2 is 1.79 bits per heavy atom. The summed E-state index contributed by atoms with van der Waals surface area (Å²) in [6.45, 7) is 0. The zero-order chi connectivity index (χ0) is 16.9. The molecule has 0 aliphatic heterocycles. The average Bonchev–Trinajstić information content (AvgIpc) is 3.07. The van der Waals surface area contributed by atoms with Gasteiger partial charge in [-0.3, -0.25) is 4.79 Å². The smallest absolute Gasteiger partial charge is 0.326 e. The lowest BCUT2D eigenvalue weighted by Crippen LogP contribution is -2.42. The lowest BCUT2D eigenvalue weighted by atomic mass is 10.0. The summed E-state index contributed by atoms with van der Waals surface area (Å²) < 4.78 is 0. The first-order valence-corrected chi connectivity index (χ1v) is 8.61. The van der Waals surface area contributed by atoms with Gasteiger partial charge < -0.3 is 10.4 Å². The predicted molar refractivity (Wildman–Crippen MR) is 93.8 cm³/mol. The topological polar surface area (TPSA) is 66.4 Å². The molecular formula is C20H23NO3. The molecule has 4 nitrogen and oxygen atoms in total. The highest BCUT2D eigenvalue weighted by atomic mass is 16.4. The maximum atomic E-state index is 12.1. The molecule has 3 rings (SSSR count). The van der Waals surface area contributed by atoms with Gasteiger partial charge in [0.15, 0.2) is 0 Å². The molecular weight excluding hydrogens is 302 g/mol. The number of amides is 1. The predicted octanol–water partition coefficient (Wildman–Crippen LogP) is 3.53. The van der Waals surface area contributed by atoms with Crippen LogP contribution in [0.1, 0.15) is 37.7 Å². The summed E-state index contributed by atoms with van der Waals surface area (Å²) in [5.41, 5.74) is 0.919. The Morgan fingerprint density at radius 1 is 1.08 bits per heavy atom. The van der Waals surface area contributed by atoms with Crippen LogP contribution in [0.3, 0.4) is 0 Å². The highest BCUT2D eigenvalue weighted by Gasteiger charge is 2.23. The number of nitrogens with one attached hydrogen (secondary N) is 1. The summed E-state index contributed by atoms with van der Waals surface area (Å²) in [6.07, 6.45) is 5.26. The summed E-state index contributed by atoms with van der Waals surface area (Å²) in [6, 6.07) is 13.0. The van der Waals surface area contributed by atoms with Crippen molar-refractivity contribution in [3.63, 3.8) is 0 Å². The van der Waals surface area contributed by atoms with Crippen LogP contribution < -0.4 is 5.32 Å². The molecule has 0 radical (unpaired) electrons. The third kappa shape index (κ3) is 4.13. The molecule has 0 aromatic heterocycles. The van der Waals surface area contributed by atoms with Gasteiger partial charge in [-0.25, -0.2) is 4.79 Å². The highest BCUT2D eigenvalue weighted by Crippen LogP contribution is 2.27. The summed E-state index contributed by atoms with van der Waals surface area (Å²) in [5.74, 6) is -0.710. The largest absolute Gasteiger partial charge is 0.480 e.